The number of anilines is 1. The second-order valence-electron chi connectivity index (χ2n) is 4.57. The lowest BCUT2D eigenvalue weighted by Crippen LogP contribution is -2.12. The van der Waals surface area contributed by atoms with Crippen LogP contribution in [-0.2, 0) is 6.42 Å². The van der Waals surface area contributed by atoms with E-state index >= 15 is 0 Å². The van der Waals surface area contributed by atoms with Crippen molar-refractivity contribution in [3.8, 4) is 6.07 Å². The Morgan fingerprint density at radius 3 is 2.77 bits per heavy atom. The van der Waals surface area contributed by atoms with Crippen molar-refractivity contribution in [1.29, 1.82) is 5.26 Å². The maximum absolute atomic E-state index is 12.0. The van der Waals surface area contributed by atoms with Crippen molar-refractivity contribution >= 4 is 11.6 Å². The van der Waals surface area contributed by atoms with E-state index in [1.54, 1.807) is 12.1 Å². The van der Waals surface area contributed by atoms with E-state index in [4.69, 9.17) is 5.26 Å². The van der Waals surface area contributed by atoms with Crippen LogP contribution >= 0.6 is 0 Å². The smallest absolute Gasteiger partial charge is 0.272 e. The van der Waals surface area contributed by atoms with Gasteiger partial charge in [-0.15, -0.1) is 10.2 Å². The SMILES string of the molecule is N#Cc1c[nH]c(C(=O)Nc2ccc(Cc3nn[nH]n3)cc2)c1. The van der Waals surface area contributed by atoms with Gasteiger partial charge in [-0.05, 0) is 23.8 Å². The molecule has 0 spiro atoms. The lowest BCUT2D eigenvalue weighted by Gasteiger charge is -2.04. The lowest BCUT2D eigenvalue weighted by molar-refractivity contribution is 0.102. The number of nitrogens with one attached hydrogen (secondary N) is 3. The number of H-pyrrole nitrogens is 2. The number of nitrogens with zero attached hydrogens (tertiary/aromatic N) is 4. The Balaban J connectivity index is 1.65. The molecule has 2 heterocycles. The number of amides is 1. The Bertz CT molecular complexity index is 812. The highest BCUT2D eigenvalue weighted by Crippen LogP contribution is 2.13. The van der Waals surface area contributed by atoms with Crippen LogP contribution in [0.3, 0.4) is 0 Å². The number of aromatic amines is 2. The summed E-state index contributed by atoms with van der Waals surface area (Å²) >= 11 is 0. The van der Waals surface area contributed by atoms with Gasteiger partial charge in [-0.25, -0.2) is 0 Å². The maximum atomic E-state index is 12.0. The Kier molecular flexibility index (Phi) is 3.61. The normalized spacial score (nSPS) is 10.1. The number of aromatic nitrogens is 5. The van der Waals surface area contributed by atoms with Crippen LogP contribution in [0.15, 0.2) is 36.5 Å². The highest BCUT2D eigenvalue weighted by molar-refractivity contribution is 6.03. The van der Waals surface area contributed by atoms with E-state index in [2.05, 4.69) is 30.9 Å². The fraction of sp³-hybridized carbons (Fsp3) is 0.0714. The van der Waals surface area contributed by atoms with Crippen molar-refractivity contribution in [3.05, 3.63) is 59.2 Å². The predicted octanol–water partition coefficient (Wildman–Crippen LogP) is 1.24. The minimum Gasteiger partial charge on any atom is -0.356 e. The van der Waals surface area contributed by atoms with E-state index in [1.807, 2.05) is 18.2 Å². The summed E-state index contributed by atoms with van der Waals surface area (Å²) in [6, 6.07) is 10.8. The molecule has 0 saturated carbocycles. The third-order valence-corrected chi connectivity index (χ3v) is 3.02. The number of benzene rings is 1. The monoisotopic (exact) mass is 293 g/mol. The summed E-state index contributed by atoms with van der Waals surface area (Å²) in [5.74, 6) is 0.305. The third kappa shape index (κ3) is 2.99. The van der Waals surface area contributed by atoms with Crippen LogP contribution in [0.5, 0.6) is 0 Å². The molecule has 1 aromatic carbocycles. The molecule has 0 saturated heterocycles. The van der Waals surface area contributed by atoms with Crippen LogP contribution in [0, 0.1) is 11.3 Å². The number of tetrazole rings is 1. The summed E-state index contributed by atoms with van der Waals surface area (Å²) in [6.45, 7) is 0. The molecular weight excluding hydrogens is 282 g/mol. The number of hydrogen-bond acceptors (Lipinski definition) is 5. The Labute approximate surface area is 125 Å². The second-order valence-corrected chi connectivity index (χ2v) is 4.57. The maximum Gasteiger partial charge on any atom is 0.272 e. The van der Waals surface area contributed by atoms with E-state index in [-0.39, 0.29) is 5.91 Å². The molecule has 0 aliphatic heterocycles. The zero-order chi connectivity index (χ0) is 15.4. The van der Waals surface area contributed by atoms with Gasteiger partial charge < -0.3 is 10.3 Å². The Morgan fingerprint density at radius 2 is 2.14 bits per heavy atom. The molecule has 3 aromatic rings. The first-order chi connectivity index (χ1) is 10.7. The molecule has 1 amide bonds. The van der Waals surface area contributed by atoms with Crippen LogP contribution in [0.4, 0.5) is 5.69 Å². The molecule has 8 nitrogen and oxygen atoms in total. The summed E-state index contributed by atoms with van der Waals surface area (Å²) in [7, 11) is 0. The molecule has 0 unspecified atom stereocenters. The first kappa shape index (κ1) is 13.5. The van der Waals surface area contributed by atoms with Gasteiger partial charge in [0.25, 0.3) is 5.91 Å². The molecule has 3 rings (SSSR count). The fourth-order valence-corrected chi connectivity index (χ4v) is 1.93. The lowest BCUT2D eigenvalue weighted by atomic mass is 10.1. The van der Waals surface area contributed by atoms with Crippen molar-refractivity contribution in [2.75, 3.05) is 5.32 Å². The second kappa shape index (κ2) is 5.88. The molecule has 8 heteroatoms. The Morgan fingerprint density at radius 1 is 1.32 bits per heavy atom. The summed E-state index contributed by atoms with van der Waals surface area (Å²) in [6.07, 6.45) is 2.05. The van der Waals surface area contributed by atoms with E-state index < -0.39 is 0 Å². The molecule has 0 bridgehead atoms. The van der Waals surface area contributed by atoms with Crippen molar-refractivity contribution in [2.45, 2.75) is 6.42 Å². The fourth-order valence-electron chi connectivity index (χ4n) is 1.93. The zero-order valence-electron chi connectivity index (χ0n) is 11.4. The van der Waals surface area contributed by atoms with Crippen molar-refractivity contribution in [3.63, 3.8) is 0 Å². The van der Waals surface area contributed by atoms with Crippen LogP contribution < -0.4 is 5.32 Å². The van der Waals surface area contributed by atoms with Gasteiger partial charge in [-0.1, -0.05) is 17.3 Å². The van der Waals surface area contributed by atoms with Crippen LogP contribution in [0.25, 0.3) is 0 Å². The van der Waals surface area contributed by atoms with Gasteiger partial charge in [0.2, 0.25) is 0 Å². The molecule has 0 atom stereocenters. The minimum atomic E-state index is -0.299. The first-order valence-electron chi connectivity index (χ1n) is 6.46. The molecule has 22 heavy (non-hydrogen) atoms. The molecule has 0 radical (unpaired) electrons. The minimum absolute atomic E-state index is 0.299. The van der Waals surface area contributed by atoms with Crippen LogP contribution in [0.1, 0.15) is 27.4 Å². The van der Waals surface area contributed by atoms with Crippen molar-refractivity contribution in [2.24, 2.45) is 0 Å². The highest BCUT2D eigenvalue weighted by Gasteiger charge is 2.09. The van der Waals surface area contributed by atoms with Crippen molar-refractivity contribution in [1.82, 2.24) is 25.6 Å². The number of carbonyl (C=O) groups is 1. The molecular formula is C14H11N7O. The van der Waals surface area contributed by atoms with Crippen LogP contribution in [0.2, 0.25) is 0 Å². The molecule has 0 aliphatic rings. The molecule has 2 aromatic heterocycles. The van der Waals surface area contributed by atoms with E-state index in [0.717, 1.165) is 5.56 Å². The van der Waals surface area contributed by atoms with Gasteiger partial charge in [0.1, 0.15) is 11.8 Å². The highest BCUT2D eigenvalue weighted by atomic mass is 16.1. The molecule has 108 valence electrons. The Hall–Kier alpha value is -3.47. The molecule has 0 aliphatic carbocycles. The summed E-state index contributed by atoms with van der Waals surface area (Å²) < 4.78 is 0. The third-order valence-electron chi connectivity index (χ3n) is 3.02. The van der Waals surface area contributed by atoms with E-state index in [0.29, 0.717) is 29.2 Å². The topological polar surface area (TPSA) is 123 Å². The summed E-state index contributed by atoms with van der Waals surface area (Å²) in [4.78, 5) is 14.8. The number of rotatable bonds is 4. The average molecular weight is 293 g/mol. The number of nitriles is 1. The quantitative estimate of drug-likeness (QED) is 0.667. The van der Waals surface area contributed by atoms with Crippen LogP contribution in [-0.4, -0.2) is 31.5 Å². The number of carbonyl (C=O) groups excluding carboxylic acids is 1. The van der Waals surface area contributed by atoms with Gasteiger partial charge >= 0.3 is 0 Å². The summed E-state index contributed by atoms with van der Waals surface area (Å²) in [5, 5.41) is 25.2. The van der Waals surface area contributed by atoms with Gasteiger partial charge in [0.15, 0.2) is 5.82 Å². The van der Waals surface area contributed by atoms with Gasteiger partial charge in [0, 0.05) is 18.3 Å². The molecule has 3 N–H and O–H groups in total. The van der Waals surface area contributed by atoms with E-state index in [9.17, 15) is 4.79 Å². The van der Waals surface area contributed by atoms with E-state index in [1.165, 1.54) is 12.3 Å². The average Bonchev–Trinajstić information content (AvgIpc) is 3.20. The largest absolute Gasteiger partial charge is 0.356 e. The predicted molar refractivity (Wildman–Crippen MR) is 76.9 cm³/mol. The standard InChI is InChI=1S/C14H11N7O/c15-7-10-5-12(16-8-10)14(22)17-11-3-1-9(2-4-11)6-13-18-20-21-19-13/h1-5,8,16H,6H2,(H,17,22)(H,18,19,20,21). The molecule has 0 fully saturated rings. The number of hydrogen-bond donors (Lipinski definition) is 3. The van der Waals surface area contributed by atoms with Gasteiger partial charge in [-0.3, -0.25) is 4.79 Å². The zero-order valence-corrected chi connectivity index (χ0v) is 11.4. The van der Waals surface area contributed by atoms with Crippen molar-refractivity contribution < 1.29 is 4.79 Å². The first-order valence-corrected chi connectivity index (χ1v) is 6.46. The summed E-state index contributed by atoms with van der Waals surface area (Å²) in [5.41, 5.74) is 2.43. The van der Waals surface area contributed by atoms with Gasteiger partial charge in [0.05, 0.1) is 5.56 Å². The van der Waals surface area contributed by atoms with Gasteiger partial charge in [-0.2, -0.15) is 10.5 Å².